The van der Waals surface area contributed by atoms with Crippen LogP contribution in [-0.2, 0) is 14.3 Å². The molecular weight excluding hydrogens is 218 g/mol. The van der Waals surface area contributed by atoms with Gasteiger partial charge in [-0.25, -0.2) is 0 Å². The van der Waals surface area contributed by atoms with Gasteiger partial charge in [-0.15, -0.1) is 0 Å². The molecule has 1 aliphatic heterocycles. The van der Waals surface area contributed by atoms with Crippen molar-refractivity contribution in [1.29, 1.82) is 0 Å². The number of benzene rings is 1. The fraction of sp³-hybridized carbons (Fsp3) is 0.385. The van der Waals surface area contributed by atoms with E-state index in [2.05, 4.69) is 0 Å². The lowest BCUT2D eigenvalue weighted by Gasteiger charge is -2.21. The summed E-state index contributed by atoms with van der Waals surface area (Å²) in [5.74, 6) is -0.547. The molecule has 1 heterocycles. The molecule has 0 bridgehead atoms. The molecule has 4 nitrogen and oxygen atoms in total. The molecule has 17 heavy (non-hydrogen) atoms. The van der Waals surface area contributed by atoms with Crippen LogP contribution in [0.3, 0.4) is 0 Å². The van der Waals surface area contributed by atoms with E-state index in [-0.39, 0.29) is 12.3 Å². The van der Waals surface area contributed by atoms with Crippen LogP contribution in [0.5, 0.6) is 0 Å². The lowest BCUT2D eigenvalue weighted by atomic mass is 9.89. The normalized spacial score (nSPS) is 23.9. The summed E-state index contributed by atoms with van der Waals surface area (Å²) in [5.41, 5.74) is -0.0848. The molecule has 0 amide bonds. The maximum Gasteiger partial charge on any atom is 0.320 e. The number of methoxy groups -OCH3 is 1. The summed E-state index contributed by atoms with van der Waals surface area (Å²) in [4.78, 5) is 25.5. The van der Waals surface area contributed by atoms with Crippen molar-refractivity contribution in [3.8, 4) is 0 Å². The van der Waals surface area contributed by atoms with Gasteiger partial charge in [0.15, 0.2) is 5.78 Å². The Hall–Kier alpha value is -1.84. The topological polar surface area (TPSA) is 46.6 Å². The highest BCUT2D eigenvalue weighted by Gasteiger charge is 2.49. The number of hydrogen-bond acceptors (Lipinski definition) is 4. The molecule has 4 heteroatoms. The maximum absolute atomic E-state index is 11.9. The molecule has 90 valence electrons. The van der Waals surface area contributed by atoms with Crippen LogP contribution in [0.1, 0.15) is 6.92 Å². The van der Waals surface area contributed by atoms with Crippen LogP contribution in [-0.4, -0.2) is 32.0 Å². The van der Waals surface area contributed by atoms with E-state index in [1.165, 1.54) is 7.11 Å². The predicted octanol–water partition coefficient (Wildman–Crippen LogP) is 1.25. The van der Waals surface area contributed by atoms with Crippen LogP contribution in [0.4, 0.5) is 5.69 Å². The van der Waals surface area contributed by atoms with Gasteiger partial charge in [-0.2, -0.15) is 0 Å². The molecule has 1 fully saturated rings. The largest absolute Gasteiger partial charge is 0.468 e. The minimum Gasteiger partial charge on any atom is -0.468 e. The molecule has 0 aromatic heterocycles. The van der Waals surface area contributed by atoms with Gasteiger partial charge in [0.2, 0.25) is 0 Å². The van der Waals surface area contributed by atoms with Crippen LogP contribution in [0.15, 0.2) is 30.3 Å². The van der Waals surface area contributed by atoms with Crippen molar-refractivity contribution in [2.45, 2.75) is 6.92 Å². The summed E-state index contributed by atoms with van der Waals surface area (Å²) >= 11 is 0. The van der Waals surface area contributed by atoms with Gasteiger partial charge in [-0.1, -0.05) is 18.2 Å². The summed E-state index contributed by atoms with van der Waals surface area (Å²) in [5, 5.41) is 0. The van der Waals surface area contributed by atoms with Crippen molar-refractivity contribution >= 4 is 17.4 Å². The van der Waals surface area contributed by atoms with Gasteiger partial charge < -0.3 is 9.64 Å². The molecule has 0 spiro atoms. The first-order valence-corrected chi connectivity index (χ1v) is 5.49. The zero-order valence-corrected chi connectivity index (χ0v) is 9.97. The number of Topliss-reactive ketones (excluding diaryl/α,β-unsaturated/α-hetero) is 1. The van der Waals surface area contributed by atoms with Crippen molar-refractivity contribution < 1.29 is 14.3 Å². The van der Waals surface area contributed by atoms with Gasteiger partial charge in [0.1, 0.15) is 5.41 Å². The smallest absolute Gasteiger partial charge is 0.320 e. The van der Waals surface area contributed by atoms with E-state index in [9.17, 15) is 9.59 Å². The van der Waals surface area contributed by atoms with Gasteiger partial charge >= 0.3 is 5.97 Å². The Balaban J connectivity index is 2.23. The summed E-state index contributed by atoms with van der Waals surface area (Å²) in [6.45, 7) is 2.28. The second-order valence-corrected chi connectivity index (χ2v) is 4.44. The second kappa shape index (κ2) is 4.20. The van der Waals surface area contributed by atoms with Crippen LogP contribution in [0.25, 0.3) is 0 Å². The van der Waals surface area contributed by atoms with Gasteiger partial charge in [-0.3, -0.25) is 9.59 Å². The van der Waals surface area contributed by atoms with Crippen LogP contribution in [0.2, 0.25) is 0 Å². The Morgan fingerprint density at radius 1 is 1.35 bits per heavy atom. The first kappa shape index (κ1) is 11.6. The van der Waals surface area contributed by atoms with E-state index in [0.717, 1.165) is 5.69 Å². The summed E-state index contributed by atoms with van der Waals surface area (Å²) < 4.78 is 4.71. The third kappa shape index (κ3) is 1.90. The molecule has 1 aromatic rings. The minimum atomic E-state index is -1.04. The SMILES string of the molecule is COC(=O)[C@@]1(C)CN(c2ccccc2)CC1=O. The molecule has 0 saturated carbocycles. The lowest BCUT2D eigenvalue weighted by molar-refractivity contribution is -0.154. The lowest BCUT2D eigenvalue weighted by Crippen LogP contribution is -2.37. The highest BCUT2D eigenvalue weighted by molar-refractivity contribution is 6.08. The molecule has 1 aliphatic rings. The number of ketones is 1. The third-order valence-electron chi connectivity index (χ3n) is 3.21. The molecule has 0 unspecified atom stereocenters. The standard InChI is InChI=1S/C13H15NO3/c1-13(12(16)17-2)9-14(8-11(13)15)10-6-4-3-5-7-10/h3-7H,8-9H2,1-2H3/t13-/m0/s1. The molecular formula is C13H15NO3. The number of nitrogens with zero attached hydrogens (tertiary/aromatic N) is 1. The quantitative estimate of drug-likeness (QED) is 0.570. The predicted molar refractivity (Wildman–Crippen MR) is 63.8 cm³/mol. The Bertz CT molecular complexity index is 443. The Morgan fingerprint density at radius 3 is 2.59 bits per heavy atom. The zero-order chi connectivity index (χ0) is 12.5. The third-order valence-corrected chi connectivity index (χ3v) is 3.21. The van der Waals surface area contributed by atoms with Crippen molar-refractivity contribution in [2.24, 2.45) is 5.41 Å². The molecule has 0 radical (unpaired) electrons. The number of esters is 1. The van der Waals surface area contributed by atoms with Gasteiger partial charge in [0, 0.05) is 12.2 Å². The summed E-state index contributed by atoms with van der Waals surface area (Å²) in [6, 6.07) is 9.59. The molecule has 0 aliphatic carbocycles. The highest BCUT2D eigenvalue weighted by Crippen LogP contribution is 2.31. The van der Waals surface area contributed by atoms with Crippen LogP contribution < -0.4 is 4.90 Å². The number of carbonyl (C=O) groups excluding carboxylic acids is 2. The van der Waals surface area contributed by atoms with Crippen LogP contribution in [0, 0.1) is 5.41 Å². The fourth-order valence-electron chi connectivity index (χ4n) is 2.10. The maximum atomic E-state index is 11.9. The van der Waals surface area contributed by atoms with Gasteiger partial charge in [0.25, 0.3) is 0 Å². The van der Waals surface area contributed by atoms with Crippen LogP contribution >= 0.6 is 0 Å². The average molecular weight is 233 g/mol. The van der Waals surface area contributed by atoms with Crippen molar-refractivity contribution in [2.75, 3.05) is 25.1 Å². The van der Waals surface area contributed by atoms with E-state index < -0.39 is 11.4 Å². The summed E-state index contributed by atoms with van der Waals surface area (Å²) in [7, 11) is 1.31. The molecule has 1 aromatic carbocycles. The number of rotatable bonds is 2. The minimum absolute atomic E-state index is 0.0896. The fourth-order valence-corrected chi connectivity index (χ4v) is 2.10. The van der Waals surface area contributed by atoms with Gasteiger partial charge in [-0.05, 0) is 19.1 Å². The molecule has 2 rings (SSSR count). The Morgan fingerprint density at radius 2 is 2.00 bits per heavy atom. The average Bonchev–Trinajstić information content (AvgIpc) is 2.67. The number of anilines is 1. The number of hydrogen-bond donors (Lipinski definition) is 0. The van der Waals surface area contributed by atoms with E-state index >= 15 is 0 Å². The second-order valence-electron chi connectivity index (χ2n) is 4.44. The zero-order valence-electron chi connectivity index (χ0n) is 9.97. The van der Waals surface area contributed by atoms with E-state index in [0.29, 0.717) is 6.54 Å². The molecule has 1 saturated heterocycles. The van der Waals surface area contributed by atoms with E-state index in [1.54, 1.807) is 6.92 Å². The first-order chi connectivity index (χ1) is 8.08. The van der Waals surface area contributed by atoms with Gasteiger partial charge in [0.05, 0.1) is 13.7 Å². The Labute approximate surface area is 100 Å². The van der Waals surface area contributed by atoms with E-state index in [4.69, 9.17) is 4.74 Å². The highest BCUT2D eigenvalue weighted by atomic mass is 16.5. The molecule has 0 N–H and O–H groups in total. The van der Waals surface area contributed by atoms with Crippen molar-refractivity contribution in [3.63, 3.8) is 0 Å². The number of para-hydroxylation sites is 1. The first-order valence-electron chi connectivity index (χ1n) is 5.49. The van der Waals surface area contributed by atoms with E-state index in [1.807, 2.05) is 35.2 Å². The van der Waals surface area contributed by atoms with Crippen molar-refractivity contribution in [1.82, 2.24) is 0 Å². The molecule has 1 atom stereocenters. The Kier molecular flexibility index (Phi) is 2.88. The summed E-state index contributed by atoms with van der Waals surface area (Å²) in [6.07, 6.45) is 0. The monoisotopic (exact) mass is 233 g/mol. The number of carbonyl (C=O) groups is 2. The van der Waals surface area contributed by atoms with Crippen molar-refractivity contribution in [3.05, 3.63) is 30.3 Å². The number of ether oxygens (including phenoxy) is 1.